The van der Waals surface area contributed by atoms with Crippen LogP contribution < -0.4 is 10.6 Å². The zero-order chi connectivity index (χ0) is 25.4. The molecule has 0 aromatic heterocycles. The van der Waals surface area contributed by atoms with E-state index in [1.165, 1.54) is 6.08 Å². The first-order chi connectivity index (χ1) is 15.4. The molecular formula is C23H43N3O7. The summed E-state index contributed by atoms with van der Waals surface area (Å²) in [7, 11) is 1.58. The van der Waals surface area contributed by atoms with Gasteiger partial charge in [-0.3, -0.25) is 19.6 Å². The number of methoxy groups -OCH3 is 1. The quantitative estimate of drug-likeness (QED) is 0.0965. The molecule has 0 rings (SSSR count). The summed E-state index contributed by atoms with van der Waals surface area (Å²) in [4.78, 5) is 38.1. The highest BCUT2D eigenvalue weighted by molar-refractivity contribution is 5.91. The Hall–Kier alpha value is -2.01. The van der Waals surface area contributed by atoms with E-state index in [-0.39, 0.29) is 44.7 Å². The van der Waals surface area contributed by atoms with E-state index in [0.29, 0.717) is 24.7 Å². The molecule has 3 amide bonds. The average Bonchev–Trinajstić information content (AvgIpc) is 2.71. The van der Waals surface area contributed by atoms with Crippen LogP contribution in [-0.4, -0.2) is 80.8 Å². The van der Waals surface area contributed by atoms with Crippen molar-refractivity contribution in [1.82, 2.24) is 15.7 Å². The Labute approximate surface area is 198 Å². The van der Waals surface area contributed by atoms with E-state index in [0.717, 1.165) is 0 Å². The van der Waals surface area contributed by atoms with Crippen LogP contribution in [0.15, 0.2) is 12.7 Å². The molecule has 0 saturated carbocycles. The second-order valence-electron chi connectivity index (χ2n) is 9.32. The third-order valence-corrected chi connectivity index (χ3v) is 4.70. The van der Waals surface area contributed by atoms with Crippen molar-refractivity contribution in [3.05, 3.63) is 12.7 Å². The van der Waals surface area contributed by atoms with E-state index >= 15 is 0 Å². The van der Waals surface area contributed by atoms with Crippen LogP contribution in [0.1, 0.15) is 47.5 Å². The van der Waals surface area contributed by atoms with Crippen molar-refractivity contribution in [2.75, 3.05) is 46.8 Å². The molecular weight excluding hydrogens is 430 g/mol. The van der Waals surface area contributed by atoms with E-state index in [4.69, 9.17) is 14.2 Å². The molecule has 10 nitrogen and oxygen atoms in total. The molecule has 0 bridgehead atoms. The third-order valence-electron chi connectivity index (χ3n) is 4.70. The lowest BCUT2D eigenvalue weighted by molar-refractivity contribution is -0.165. The Balaban J connectivity index is 4.95. The van der Waals surface area contributed by atoms with Crippen LogP contribution in [0.5, 0.6) is 0 Å². The van der Waals surface area contributed by atoms with Gasteiger partial charge in [0.25, 0.3) is 0 Å². The molecule has 0 spiro atoms. The van der Waals surface area contributed by atoms with Gasteiger partial charge in [0.05, 0.1) is 26.4 Å². The van der Waals surface area contributed by atoms with Gasteiger partial charge in [0.15, 0.2) is 0 Å². The Morgan fingerprint density at radius 1 is 1.09 bits per heavy atom. The van der Waals surface area contributed by atoms with Crippen LogP contribution in [0.2, 0.25) is 0 Å². The van der Waals surface area contributed by atoms with Gasteiger partial charge in [-0.05, 0) is 17.8 Å². The molecule has 0 aromatic rings. The molecule has 0 unspecified atom stereocenters. The van der Waals surface area contributed by atoms with Crippen molar-refractivity contribution in [3.63, 3.8) is 0 Å². The van der Waals surface area contributed by atoms with E-state index in [9.17, 15) is 19.6 Å². The number of hydroxylamine groups is 2. The van der Waals surface area contributed by atoms with Gasteiger partial charge >= 0.3 is 0 Å². The number of nitrogens with zero attached hydrogens (tertiary/aromatic N) is 1. The number of carbonyl (C=O) groups is 3. The number of ether oxygens (including phenoxy) is 3. The Kier molecular flexibility index (Phi) is 15.6. The van der Waals surface area contributed by atoms with Crippen molar-refractivity contribution in [1.29, 1.82) is 0 Å². The maximum Gasteiger partial charge on any atom is 0.247 e. The Morgan fingerprint density at radius 3 is 2.27 bits per heavy atom. The molecule has 10 heteroatoms. The van der Waals surface area contributed by atoms with Crippen molar-refractivity contribution < 1.29 is 33.8 Å². The monoisotopic (exact) mass is 473 g/mol. The zero-order valence-corrected chi connectivity index (χ0v) is 21.0. The molecule has 192 valence electrons. The summed E-state index contributed by atoms with van der Waals surface area (Å²) in [5.74, 6) is -1.85. The summed E-state index contributed by atoms with van der Waals surface area (Å²) in [6.45, 7) is 14.4. The lowest BCUT2D eigenvalue weighted by Crippen LogP contribution is -2.55. The first kappa shape index (κ1) is 31.0. The van der Waals surface area contributed by atoms with Crippen molar-refractivity contribution >= 4 is 17.7 Å². The standard InChI is InChI=1S/C23H43N3O7/c1-8-10-26(30)19(27)15-18(14-17(2)3)21(28)25-20(23(4,5)6)22(29)24-9-11-32-16-33-13-12-31-7/h8,17-18,20,30H,1,9-16H2,2-7H3,(H,24,29)(H,25,28)/t18-,20-/m1/s1. The summed E-state index contributed by atoms with van der Waals surface area (Å²) in [5.41, 5.74) is -0.567. The topological polar surface area (TPSA) is 126 Å². The third kappa shape index (κ3) is 14.0. The summed E-state index contributed by atoms with van der Waals surface area (Å²) in [6.07, 6.45) is 1.67. The Bertz CT molecular complexity index is 605. The molecule has 0 saturated heterocycles. The fourth-order valence-corrected chi connectivity index (χ4v) is 3.00. The van der Waals surface area contributed by atoms with Crippen LogP contribution in [-0.2, 0) is 28.6 Å². The van der Waals surface area contributed by atoms with Crippen LogP contribution in [0.3, 0.4) is 0 Å². The smallest absolute Gasteiger partial charge is 0.247 e. The number of nitrogens with one attached hydrogen (secondary N) is 2. The van der Waals surface area contributed by atoms with E-state index < -0.39 is 29.2 Å². The van der Waals surface area contributed by atoms with Gasteiger partial charge in [-0.1, -0.05) is 40.7 Å². The normalized spacial score (nSPS) is 13.3. The molecule has 0 radical (unpaired) electrons. The first-order valence-electron chi connectivity index (χ1n) is 11.3. The number of hydrogen-bond donors (Lipinski definition) is 3. The number of hydrogen-bond acceptors (Lipinski definition) is 7. The van der Waals surface area contributed by atoms with Crippen molar-refractivity contribution in [2.45, 2.75) is 53.5 Å². The molecule has 3 N–H and O–H groups in total. The zero-order valence-electron chi connectivity index (χ0n) is 21.0. The molecule has 0 aromatic carbocycles. The molecule has 0 fully saturated rings. The maximum atomic E-state index is 13.0. The van der Waals surface area contributed by atoms with E-state index in [1.807, 2.05) is 34.6 Å². The minimum atomic E-state index is -0.814. The lowest BCUT2D eigenvalue weighted by atomic mass is 9.85. The van der Waals surface area contributed by atoms with E-state index in [2.05, 4.69) is 17.2 Å². The number of carbonyl (C=O) groups excluding carboxylic acids is 3. The van der Waals surface area contributed by atoms with Crippen molar-refractivity contribution in [3.8, 4) is 0 Å². The second kappa shape index (κ2) is 16.6. The molecule has 0 aliphatic rings. The average molecular weight is 474 g/mol. The largest absolute Gasteiger partial charge is 0.382 e. The minimum Gasteiger partial charge on any atom is -0.382 e. The fraction of sp³-hybridized carbons (Fsp3) is 0.783. The van der Waals surface area contributed by atoms with Gasteiger partial charge < -0.3 is 24.8 Å². The van der Waals surface area contributed by atoms with Crippen molar-refractivity contribution in [2.24, 2.45) is 17.3 Å². The van der Waals surface area contributed by atoms with Gasteiger partial charge in [-0.25, -0.2) is 5.06 Å². The van der Waals surface area contributed by atoms with Crippen LogP contribution in [0, 0.1) is 17.3 Å². The molecule has 0 heterocycles. The number of rotatable bonds is 17. The van der Waals surface area contributed by atoms with Gasteiger partial charge in [-0.2, -0.15) is 0 Å². The highest BCUT2D eigenvalue weighted by Crippen LogP contribution is 2.22. The van der Waals surface area contributed by atoms with Gasteiger partial charge in [0.1, 0.15) is 12.8 Å². The minimum absolute atomic E-state index is 0.0264. The van der Waals surface area contributed by atoms with Gasteiger partial charge in [-0.15, -0.1) is 6.58 Å². The predicted molar refractivity (Wildman–Crippen MR) is 124 cm³/mol. The molecule has 2 atom stereocenters. The Morgan fingerprint density at radius 2 is 1.73 bits per heavy atom. The SMILES string of the molecule is C=CCN(O)C(=O)C[C@@H](CC(C)C)C(=O)N[C@H](C(=O)NCCOCOCCOC)C(C)(C)C. The van der Waals surface area contributed by atoms with Crippen LogP contribution in [0.25, 0.3) is 0 Å². The number of amides is 3. The summed E-state index contributed by atoms with van der Waals surface area (Å²) in [5, 5.41) is 15.9. The highest BCUT2D eigenvalue weighted by Gasteiger charge is 2.35. The predicted octanol–water partition coefficient (Wildman–Crippen LogP) is 1.73. The summed E-state index contributed by atoms with van der Waals surface area (Å²) < 4.78 is 15.3. The van der Waals surface area contributed by atoms with Gasteiger partial charge in [0.2, 0.25) is 17.7 Å². The molecule has 33 heavy (non-hydrogen) atoms. The first-order valence-corrected chi connectivity index (χ1v) is 11.3. The lowest BCUT2D eigenvalue weighted by Gasteiger charge is -2.32. The van der Waals surface area contributed by atoms with Crippen LogP contribution in [0.4, 0.5) is 0 Å². The summed E-state index contributed by atoms with van der Waals surface area (Å²) >= 11 is 0. The maximum absolute atomic E-state index is 13.0. The second-order valence-corrected chi connectivity index (χ2v) is 9.32. The van der Waals surface area contributed by atoms with Gasteiger partial charge in [0, 0.05) is 26.0 Å². The summed E-state index contributed by atoms with van der Waals surface area (Å²) in [6, 6.07) is -0.814. The van der Waals surface area contributed by atoms with E-state index in [1.54, 1.807) is 7.11 Å². The molecule has 0 aliphatic carbocycles. The molecule has 0 aliphatic heterocycles. The fourth-order valence-electron chi connectivity index (χ4n) is 3.00. The van der Waals surface area contributed by atoms with Crippen LogP contribution >= 0.6 is 0 Å². The highest BCUT2D eigenvalue weighted by atomic mass is 16.7.